The number of hydrogen-bond acceptors (Lipinski definition) is 3. The van der Waals surface area contributed by atoms with Crippen molar-refractivity contribution < 1.29 is 0 Å². The van der Waals surface area contributed by atoms with Crippen LogP contribution < -0.4 is 5.32 Å². The van der Waals surface area contributed by atoms with Crippen molar-refractivity contribution >= 4 is 5.96 Å². The highest BCUT2D eigenvalue weighted by atomic mass is 15.3. The number of pyridine rings is 1. The summed E-state index contributed by atoms with van der Waals surface area (Å²) in [5.74, 6) is 1.80. The van der Waals surface area contributed by atoms with E-state index in [2.05, 4.69) is 57.2 Å². The van der Waals surface area contributed by atoms with E-state index < -0.39 is 0 Å². The first-order chi connectivity index (χ1) is 13.7. The lowest BCUT2D eigenvalue weighted by atomic mass is 10.1. The predicted molar refractivity (Wildman–Crippen MR) is 114 cm³/mol. The normalized spacial score (nSPS) is 11.5. The molecule has 0 aliphatic carbocycles. The van der Waals surface area contributed by atoms with E-state index in [9.17, 15) is 0 Å². The maximum atomic E-state index is 4.78. The number of nitrogens with one attached hydrogen (secondary N) is 2. The number of aryl methyl sites for hydroxylation is 1. The van der Waals surface area contributed by atoms with Gasteiger partial charge >= 0.3 is 0 Å². The molecular formula is C22H28N6. The fourth-order valence-electron chi connectivity index (χ4n) is 3.04. The maximum Gasteiger partial charge on any atom is 0.194 e. The van der Waals surface area contributed by atoms with Crippen LogP contribution in [-0.2, 0) is 13.0 Å². The van der Waals surface area contributed by atoms with Gasteiger partial charge in [-0.1, -0.05) is 30.3 Å². The number of rotatable bonds is 7. The second-order valence-corrected chi connectivity index (χ2v) is 6.75. The molecule has 3 aromatic rings. The minimum atomic E-state index is 0.660. The quantitative estimate of drug-likeness (QED) is 0.490. The lowest BCUT2D eigenvalue weighted by Crippen LogP contribution is -2.38. The fourth-order valence-corrected chi connectivity index (χ4v) is 3.04. The molecule has 0 saturated heterocycles. The number of aromatic amines is 1. The third-order valence-corrected chi connectivity index (χ3v) is 4.58. The van der Waals surface area contributed by atoms with Gasteiger partial charge in [0.05, 0.1) is 18.4 Å². The highest BCUT2D eigenvalue weighted by molar-refractivity contribution is 5.79. The van der Waals surface area contributed by atoms with Crippen LogP contribution in [0.1, 0.15) is 23.9 Å². The molecule has 0 bridgehead atoms. The van der Waals surface area contributed by atoms with Crippen molar-refractivity contribution in [1.82, 2.24) is 25.2 Å². The summed E-state index contributed by atoms with van der Waals surface area (Å²) in [5, 5.41) is 3.36. The summed E-state index contributed by atoms with van der Waals surface area (Å²) in [7, 11) is 2.03. The molecule has 6 nitrogen and oxygen atoms in total. The fraction of sp³-hybridized carbons (Fsp3) is 0.318. The lowest BCUT2D eigenvalue weighted by molar-refractivity contribution is 0.464. The number of imidazole rings is 1. The first kappa shape index (κ1) is 19.6. The van der Waals surface area contributed by atoms with Crippen molar-refractivity contribution in [2.24, 2.45) is 4.99 Å². The van der Waals surface area contributed by atoms with Crippen molar-refractivity contribution in [3.8, 4) is 11.3 Å². The summed E-state index contributed by atoms with van der Waals surface area (Å²) in [6, 6.07) is 12.3. The van der Waals surface area contributed by atoms with Crippen molar-refractivity contribution in [1.29, 1.82) is 0 Å². The Hall–Kier alpha value is -3.15. The van der Waals surface area contributed by atoms with Gasteiger partial charge in [0.2, 0.25) is 0 Å². The first-order valence-electron chi connectivity index (χ1n) is 9.65. The number of aliphatic imine (C=N–C) groups is 1. The second-order valence-electron chi connectivity index (χ2n) is 6.75. The van der Waals surface area contributed by atoms with Crippen LogP contribution in [0, 0.1) is 6.92 Å². The summed E-state index contributed by atoms with van der Waals surface area (Å²) in [6.45, 7) is 6.38. The molecule has 2 heterocycles. The SMILES string of the molecule is CCNC(=NCCc1ccncc1C)N(C)Cc1ncc(-c2ccccc2)[nH]1. The molecule has 1 aromatic carbocycles. The largest absolute Gasteiger partial charge is 0.357 e. The summed E-state index contributed by atoms with van der Waals surface area (Å²) in [5.41, 5.74) is 4.66. The van der Waals surface area contributed by atoms with Crippen LogP contribution in [0.2, 0.25) is 0 Å². The third kappa shape index (κ3) is 5.19. The standard InChI is InChI=1S/C22H28N6/c1-4-24-22(25-13-11-18-10-12-23-14-17(18)2)28(3)16-21-26-15-20(27-21)19-8-6-5-7-9-19/h5-10,12,14-15H,4,11,13,16H2,1-3H3,(H,24,25)(H,26,27). The van der Waals surface area contributed by atoms with E-state index in [1.54, 1.807) is 0 Å². The van der Waals surface area contributed by atoms with Crippen molar-refractivity contribution in [2.45, 2.75) is 26.8 Å². The van der Waals surface area contributed by atoms with Crippen LogP contribution in [0.25, 0.3) is 11.3 Å². The van der Waals surface area contributed by atoms with E-state index in [0.29, 0.717) is 6.54 Å². The van der Waals surface area contributed by atoms with Gasteiger partial charge in [0.1, 0.15) is 5.82 Å². The zero-order valence-corrected chi connectivity index (χ0v) is 16.8. The van der Waals surface area contributed by atoms with Gasteiger partial charge in [-0.25, -0.2) is 4.98 Å². The highest BCUT2D eigenvalue weighted by Crippen LogP contribution is 2.16. The van der Waals surface area contributed by atoms with Crippen molar-refractivity contribution in [3.63, 3.8) is 0 Å². The molecule has 0 atom stereocenters. The van der Waals surface area contributed by atoms with Crippen LogP contribution in [0.5, 0.6) is 0 Å². The average Bonchev–Trinajstić information content (AvgIpc) is 3.18. The van der Waals surface area contributed by atoms with Gasteiger partial charge in [-0.3, -0.25) is 9.98 Å². The van der Waals surface area contributed by atoms with Gasteiger partial charge in [-0.05, 0) is 43.0 Å². The Kier molecular flexibility index (Phi) is 6.78. The van der Waals surface area contributed by atoms with Crippen LogP contribution in [-0.4, -0.2) is 45.9 Å². The maximum absolute atomic E-state index is 4.78. The van der Waals surface area contributed by atoms with Gasteiger partial charge in [-0.15, -0.1) is 0 Å². The third-order valence-electron chi connectivity index (χ3n) is 4.58. The Morgan fingerprint density at radius 1 is 1.18 bits per heavy atom. The Balaban J connectivity index is 1.63. The summed E-state index contributed by atoms with van der Waals surface area (Å²) >= 11 is 0. The van der Waals surface area contributed by atoms with E-state index in [0.717, 1.165) is 42.6 Å². The molecule has 3 rings (SSSR count). The molecule has 0 radical (unpaired) electrons. The van der Waals surface area contributed by atoms with Crippen LogP contribution >= 0.6 is 0 Å². The smallest absolute Gasteiger partial charge is 0.194 e. The summed E-state index contributed by atoms with van der Waals surface area (Å²) < 4.78 is 0. The number of benzene rings is 1. The van der Waals surface area contributed by atoms with E-state index in [4.69, 9.17) is 4.99 Å². The van der Waals surface area contributed by atoms with Crippen LogP contribution in [0.3, 0.4) is 0 Å². The molecule has 0 unspecified atom stereocenters. The molecule has 0 fully saturated rings. The Morgan fingerprint density at radius 2 is 2.00 bits per heavy atom. The van der Waals surface area contributed by atoms with Gasteiger partial charge < -0.3 is 15.2 Å². The van der Waals surface area contributed by atoms with Gasteiger partial charge in [-0.2, -0.15) is 0 Å². The van der Waals surface area contributed by atoms with Crippen LogP contribution in [0.4, 0.5) is 0 Å². The molecule has 6 heteroatoms. The number of nitrogens with zero attached hydrogens (tertiary/aromatic N) is 4. The molecule has 0 aliphatic rings. The Bertz CT molecular complexity index is 900. The van der Waals surface area contributed by atoms with E-state index >= 15 is 0 Å². The zero-order valence-electron chi connectivity index (χ0n) is 16.8. The molecule has 0 amide bonds. The molecular weight excluding hydrogens is 348 g/mol. The predicted octanol–water partition coefficient (Wildman–Crippen LogP) is 3.42. The monoisotopic (exact) mass is 376 g/mol. The van der Waals surface area contributed by atoms with Gasteiger partial charge in [0.15, 0.2) is 5.96 Å². The molecule has 2 N–H and O–H groups in total. The lowest BCUT2D eigenvalue weighted by Gasteiger charge is -2.21. The van der Waals surface area contributed by atoms with Gasteiger partial charge in [0.25, 0.3) is 0 Å². The van der Waals surface area contributed by atoms with E-state index in [1.807, 2.05) is 43.8 Å². The second kappa shape index (κ2) is 9.69. The molecule has 2 aromatic heterocycles. The first-order valence-corrected chi connectivity index (χ1v) is 9.65. The highest BCUT2D eigenvalue weighted by Gasteiger charge is 2.10. The van der Waals surface area contributed by atoms with Crippen molar-refractivity contribution in [3.05, 3.63) is 71.9 Å². The number of aromatic nitrogens is 3. The van der Waals surface area contributed by atoms with Gasteiger partial charge in [0, 0.05) is 32.5 Å². The Morgan fingerprint density at radius 3 is 2.75 bits per heavy atom. The number of hydrogen-bond donors (Lipinski definition) is 2. The van der Waals surface area contributed by atoms with E-state index in [-0.39, 0.29) is 0 Å². The number of guanidine groups is 1. The molecule has 0 saturated carbocycles. The summed E-state index contributed by atoms with van der Waals surface area (Å²) in [4.78, 5) is 19.0. The molecule has 28 heavy (non-hydrogen) atoms. The molecule has 146 valence electrons. The van der Waals surface area contributed by atoms with E-state index in [1.165, 1.54) is 11.1 Å². The summed E-state index contributed by atoms with van der Waals surface area (Å²) in [6.07, 6.45) is 6.52. The number of H-pyrrole nitrogens is 1. The molecule has 0 spiro atoms. The van der Waals surface area contributed by atoms with Crippen molar-refractivity contribution in [2.75, 3.05) is 20.1 Å². The minimum Gasteiger partial charge on any atom is -0.357 e. The zero-order chi connectivity index (χ0) is 19.8. The molecule has 0 aliphatic heterocycles. The minimum absolute atomic E-state index is 0.660. The Labute approximate surface area is 166 Å². The topological polar surface area (TPSA) is 69.2 Å². The van der Waals surface area contributed by atoms with Crippen LogP contribution in [0.15, 0.2) is 60.0 Å². The average molecular weight is 377 g/mol.